The summed E-state index contributed by atoms with van der Waals surface area (Å²) in [5.41, 5.74) is 7.22. The number of thiophene rings is 1. The normalized spacial score (nSPS) is 18.2. The first-order valence-electron chi connectivity index (χ1n) is 7.04. The monoisotopic (exact) mass is 328 g/mol. The molecule has 0 saturated carbocycles. The van der Waals surface area contributed by atoms with Gasteiger partial charge in [0.05, 0.1) is 5.56 Å². The van der Waals surface area contributed by atoms with Crippen LogP contribution in [0.15, 0.2) is 0 Å². The van der Waals surface area contributed by atoms with Crippen LogP contribution in [0.1, 0.15) is 48.0 Å². The van der Waals surface area contributed by atoms with E-state index in [1.54, 1.807) is 0 Å². The van der Waals surface area contributed by atoms with Crippen molar-refractivity contribution in [2.75, 3.05) is 11.2 Å². The summed E-state index contributed by atoms with van der Waals surface area (Å²) < 4.78 is 0. The molecular formula is C15H21ClN2O2S. The van der Waals surface area contributed by atoms with Crippen LogP contribution in [0.5, 0.6) is 0 Å². The van der Waals surface area contributed by atoms with E-state index in [2.05, 4.69) is 26.1 Å². The summed E-state index contributed by atoms with van der Waals surface area (Å²) in [5.74, 6) is -0.358. The Morgan fingerprint density at radius 2 is 2.10 bits per heavy atom. The molecule has 116 valence electrons. The molecule has 4 nitrogen and oxygen atoms in total. The van der Waals surface area contributed by atoms with Gasteiger partial charge in [-0.15, -0.1) is 22.9 Å². The maximum atomic E-state index is 11.7. The lowest BCUT2D eigenvalue weighted by Gasteiger charge is -2.33. The lowest BCUT2D eigenvalue weighted by atomic mass is 9.72. The molecule has 1 aromatic rings. The van der Waals surface area contributed by atoms with Gasteiger partial charge in [0.1, 0.15) is 10.9 Å². The molecule has 0 spiro atoms. The van der Waals surface area contributed by atoms with E-state index in [0.29, 0.717) is 16.5 Å². The highest BCUT2D eigenvalue weighted by Crippen LogP contribution is 2.44. The second-order valence-corrected chi connectivity index (χ2v) is 7.93. The number of anilines is 1. The first-order valence-corrected chi connectivity index (χ1v) is 8.39. The fraction of sp³-hybridized carbons (Fsp3) is 0.600. The van der Waals surface area contributed by atoms with Gasteiger partial charge in [-0.05, 0) is 36.2 Å². The van der Waals surface area contributed by atoms with Crippen LogP contribution in [0.2, 0.25) is 0 Å². The van der Waals surface area contributed by atoms with Gasteiger partial charge in [0.25, 0.3) is 5.91 Å². The SMILES string of the molecule is CC(C)(C)[C@@H]1CCc2c(sc(NC(=O)CCl)c2C(N)=O)C1. The number of carbonyl (C=O) groups excluding carboxylic acids is 2. The van der Waals surface area contributed by atoms with Crippen LogP contribution in [0.4, 0.5) is 5.00 Å². The molecule has 2 amide bonds. The molecule has 0 unspecified atom stereocenters. The van der Waals surface area contributed by atoms with Gasteiger partial charge in [-0.25, -0.2) is 0 Å². The summed E-state index contributed by atoms with van der Waals surface area (Å²) in [5, 5.41) is 3.25. The first kappa shape index (κ1) is 16.3. The van der Waals surface area contributed by atoms with Gasteiger partial charge in [-0.3, -0.25) is 9.59 Å². The molecular weight excluding hydrogens is 308 g/mol. The fourth-order valence-electron chi connectivity index (χ4n) is 2.83. The Hall–Kier alpha value is -1.07. The van der Waals surface area contributed by atoms with Gasteiger partial charge in [0.2, 0.25) is 5.91 Å². The molecule has 0 radical (unpaired) electrons. The number of primary amides is 1. The summed E-state index contributed by atoms with van der Waals surface area (Å²) in [6.45, 7) is 6.71. The lowest BCUT2D eigenvalue weighted by Crippen LogP contribution is -2.27. The summed E-state index contributed by atoms with van der Waals surface area (Å²) in [6, 6.07) is 0. The van der Waals surface area contributed by atoms with E-state index < -0.39 is 5.91 Å². The minimum absolute atomic E-state index is 0.134. The van der Waals surface area contributed by atoms with E-state index in [0.717, 1.165) is 24.8 Å². The Morgan fingerprint density at radius 3 is 2.62 bits per heavy atom. The number of carbonyl (C=O) groups is 2. The van der Waals surface area contributed by atoms with Gasteiger partial charge < -0.3 is 11.1 Å². The van der Waals surface area contributed by atoms with Gasteiger partial charge in [-0.2, -0.15) is 0 Å². The molecule has 1 aliphatic rings. The van der Waals surface area contributed by atoms with E-state index in [1.807, 2.05) is 0 Å². The maximum Gasteiger partial charge on any atom is 0.251 e. The van der Waals surface area contributed by atoms with Crippen molar-refractivity contribution >= 4 is 39.8 Å². The van der Waals surface area contributed by atoms with Gasteiger partial charge in [-0.1, -0.05) is 20.8 Å². The third kappa shape index (κ3) is 3.40. The highest BCUT2D eigenvalue weighted by atomic mass is 35.5. The number of hydrogen-bond donors (Lipinski definition) is 2. The smallest absolute Gasteiger partial charge is 0.251 e. The Morgan fingerprint density at radius 1 is 1.43 bits per heavy atom. The first-order chi connectivity index (χ1) is 9.74. The zero-order valence-corrected chi connectivity index (χ0v) is 14.2. The number of rotatable bonds is 3. The zero-order valence-electron chi connectivity index (χ0n) is 12.6. The van der Waals surface area contributed by atoms with Crippen molar-refractivity contribution in [1.29, 1.82) is 0 Å². The topological polar surface area (TPSA) is 72.2 Å². The van der Waals surface area contributed by atoms with E-state index in [-0.39, 0.29) is 17.2 Å². The van der Waals surface area contributed by atoms with Crippen LogP contribution in [-0.4, -0.2) is 17.7 Å². The van der Waals surface area contributed by atoms with Crippen LogP contribution in [-0.2, 0) is 17.6 Å². The summed E-state index contributed by atoms with van der Waals surface area (Å²) in [6.07, 6.45) is 2.81. The Kier molecular flexibility index (Phi) is 4.63. The van der Waals surface area contributed by atoms with E-state index >= 15 is 0 Å². The van der Waals surface area contributed by atoms with Crippen LogP contribution >= 0.6 is 22.9 Å². The minimum atomic E-state index is -0.480. The molecule has 0 bridgehead atoms. The molecule has 1 aliphatic carbocycles. The van der Waals surface area contributed by atoms with Gasteiger partial charge in [0.15, 0.2) is 0 Å². The van der Waals surface area contributed by atoms with Crippen LogP contribution in [0, 0.1) is 11.3 Å². The van der Waals surface area contributed by atoms with Crippen molar-refractivity contribution in [2.24, 2.45) is 17.1 Å². The average molecular weight is 329 g/mol. The second kappa shape index (κ2) is 5.97. The molecule has 3 N–H and O–H groups in total. The highest BCUT2D eigenvalue weighted by molar-refractivity contribution is 7.17. The molecule has 6 heteroatoms. The Bertz CT molecular complexity index is 575. The van der Waals surface area contributed by atoms with Crippen molar-refractivity contribution in [3.05, 3.63) is 16.0 Å². The van der Waals surface area contributed by atoms with Crippen molar-refractivity contribution in [2.45, 2.75) is 40.0 Å². The average Bonchev–Trinajstić information content (AvgIpc) is 2.74. The van der Waals surface area contributed by atoms with Crippen molar-refractivity contribution in [3.63, 3.8) is 0 Å². The van der Waals surface area contributed by atoms with E-state index in [1.165, 1.54) is 16.2 Å². The minimum Gasteiger partial charge on any atom is -0.365 e. The van der Waals surface area contributed by atoms with Crippen LogP contribution < -0.4 is 11.1 Å². The lowest BCUT2D eigenvalue weighted by molar-refractivity contribution is -0.113. The number of amides is 2. The molecule has 21 heavy (non-hydrogen) atoms. The van der Waals surface area contributed by atoms with Crippen molar-refractivity contribution in [1.82, 2.24) is 0 Å². The van der Waals surface area contributed by atoms with Gasteiger partial charge >= 0.3 is 0 Å². The number of hydrogen-bond acceptors (Lipinski definition) is 3. The third-order valence-electron chi connectivity index (χ3n) is 4.11. The second-order valence-electron chi connectivity index (χ2n) is 6.56. The van der Waals surface area contributed by atoms with Crippen molar-refractivity contribution in [3.8, 4) is 0 Å². The third-order valence-corrected chi connectivity index (χ3v) is 5.52. The molecule has 2 rings (SSSR count). The standard InChI is InChI=1S/C15H21ClN2O2S/c1-15(2,3)8-4-5-9-10(6-8)21-14(12(9)13(17)20)18-11(19)7-16/h8H,4-7H2,1-3H3,(H2,17,20)(H,18,19)/t8-/m1/s1. The predicted molar refractivity (Wildman–Crippen MR) is 87.2 cm³/mol. The summed E-state index contributed by atoms with van der Waals surface area (Å²) in [4.78, 5) is 24.4. The molecule has 0 saturated heterocycles. The maximum absolute atomic E-state index is 11.7. The molecule has 1 atom stereocenters. The van der Waals surface area contributed by atoms with Crippen LogP contribution in [0.3, 0.4) is 0 Å². The number of nitrogens with one attached hydrogen (secondary N) is 1. The Balaban J connectivity index is 2.37. The molecule has 1 aromatic heterocycles. The van der Waals surface area contributed by atoms with E-state index in [4.69, 9.17) is 17.3 Å². The van der Waals surface area contributed by atoms with Crippen molar-refractivity contribution < 1.29 is 9.59 Å². The molecule has 1 heterocycles. The highest BCUT2D eigenvalue weighted by Gasteiger charge is 2.33. The Labute approximate surface area is 134 Å². The fourth-order valence-corrected chi connectivity index (χ4v) is 4.25. The number of fused-ring (bicyclic) bond motifs is 1. The predicted octanol–water partition coefficient (Wildman–Crippen LogP) is 3.18. The summed E-state index contributed by atoms with van der Waals surface area (Å²) in [7, 11) is 0. The molecule has 0 aromatic carbocycles. The zero-order chi connectivity index (χ0) is 15.8. The van der Waals surface area contributed by atoms with Gasteiger partial charge in [0, 0.05) is 4.88 Å². The molecule has 0 aliphatic heterocycles. The number of nitrogens with two attached hydrogens (primary N) is 1. The molecule has 0 fully saturated rings. The van der Waals surface area contributed by atoms with Crippen LogP contribution in [0.25, 0.3) is 0 Å². The number of alkyl halides is 1. The summed E-state index contributed by atoms with van der Waals surface area (Å²) >= 11 is 6.98. The van der Waals surface area contributed by atoms with E-state index in [9.17, 15) is 9.59 Å². The number of halogens is 1. The quantitative estimate of drug-likeness (QED) is 0.836. The largest absolute Gasteiger partial charge is 0.365 e.